The van der Waals surface area contributed by atoms with Gasteiger partial charge in [0.2, 0.25) is 5.91 Å². The molecule has 0 heterocycles. The zero-order valence-electron chi connectivity index (χ0n) is 12.4. The fourth-order valence-corrected chi connectivity index (χ4v) is 2.86. The molecular formula is C17H20N2O3. The number of aliphatic carboxylic acids is 1. The summed E-state index contributed by atoms with van der Waals surface area (Å²) in [5.74, 6) is -1.28. The molecule has 1 aromatic carbocycles. The molecule has 1 aliphatic rings. The summed E-state index contributed by atoms with van der Waals surface area (Å²) in [6.07, 6.45) is 5.06. The van der Waals surface area contributed by atoms with Crippen molar-refractivity contribution in [2.75, 3.05) is 0 Å². The third-order valence-corrected chi connectivity index (χ3v) is 4.09. The van der Waals surface area contributed by atoms with Gasteiger partial charge >= 0.3 is 5.97 Å². The van der Waals surface area contributed by atoms with E-state index in [1.165, 1.54) is 0 Å². The van der Waals surface area contributed by atoms with Gasteiger partial charge in [-0.3, -0.25) is 4.79 Å². The van der Waals surface area contributed by atoms with Crippen molar-refractivity contribution in [1.29, 1.82) is 5.26 Å². The molecule has 22 heavy (non-hydrogen) atoms. The molecule has 2 N–H and O–H groups in total. The highest BCUT2D eigenvalue weighted by molar-refractivity contribution is 5.85. The maximum absolute atomic E-state index is 12.2. The average Bonchev–Trinajstić information content (AvgIpc) is 2.55. The zero-order chi connectivity index (χ0) is 15.9. The molecule has 0 bridgehead atoms. The summed E-state index contributed by atoms with van der Waals surface area (Å²) < 4.78 is 0. The Balaban J connectivity index is 2.01. The average molecular weight is 300 g/mol. The Bertz CT molecular complexity index is 586. The van der Waals surface area contributed by atoms with Crippen molar-refractivity contribution in [3.63, 3.8) is 0 Å². The van der Waals surface area contributed by atoms with Crippen LogP contribution in [0.2, 0.25) is 0 Å². The van der Waals surface area contributed by atoms with Crippen LogP contribution in [0, 0.1) is 17.2 Å². The number of benzene rings is 1. The van der Waals surface area contributed by atoms with Crippen LogP contribution in [0.4, 0.5) is 0 Å². The molecule has 0 saturated heterocycles. The second-order valence-electron chi connectivity index (χ2n) is 5.75. The molecule has 1 saturated carbocycles. The van der Waals surface area contributed by atoms with Crippen LogP contribution < -0.4 is 5.32 Å². The lowest BCUT2D eigenvalue weighted by Gasteiger charge is -2.23. The van der Waals surface area contributed by atoms with E-state index < -0.39 is 12.0 Å². The maximum atomic E-state index is 12.2. The summed E-state index contributed by atoms with van der Waals surface area (Å²) in [5, 5.41) is 20.9. The van der Waals surface area contributed by atoms with Crippen LogP contribution in [-0.2, 0) is 16.0 Å². The van der Waals surface area contributed by atoms with Crippen molar-refractivity contribution in [2.24, 2.45) is 5.92 Å². The van der Waals surface area contributed by atoms with Crippen LogP contribution in [0.3, 0.4) is 0 Å². The van der Waals surface area contributed by atoms with E-state index in [9.17, 15) is 14.7 Å². The number of carboxylic acids is 1. The number of rotatable bonds is 5. The molecule has 0 aliphatic heterocycles. The molecule has 1 atom stereocenters. The molecule has 1 unspecified atom stereocenters. The first-order chi connectivity index (χ1) is 10.6. The highest BCUT2D eigenvalue weighted by Gasteiger charge is 2.26. The Morgan fingerprint density at radius 2 is 2.05 bits per heavy atom. The smallest absolute Gasteiger partial charge is 0.326 e. The molecular weight excluding hydrogens is 280 g/mol. The van der Waals surface area contributed by atoms with Gasteiger partial charge in [0.05, 0.1) is 11.6 Å². The summed E-state index contributed by atoms with van der Waals surface area (Å²) in [6.45, 7) is 0. The Labute approximate surface area is 129 Å². The molecule has 116 valence electrons. The van der Waals surface area contributed by atoms with Crippen molar-refractivity contribution in [3.8, 4) is 6.07 Å². The van der Waals surface area contributed by atoms with Crippen molar-refractivity contribution in [1.82, 2.24) is 5.32 Å². The Morgan fingerprint density at radius 3 is 2.68 bits per heavy atom. The predicted molar refractivity (Wildman–Crippen MR) is 81.0 cm³/mol. The van der Waals surface area contributed by atoms with Gasteiger partial charge in [-0.05, 0) is 30.5 Å². The number of carboxylic acid groups (broad SMARTS) is 1. The summed E-state index contributed by atoms with van der Waals surface area (Å²) in [5.41, 5.74) is 1.22. The summed E-state index contributed by atoms with van der Waals surface area (Å²) >= 11 is 0. The lowest BCUT2D eigenvalue weighted by atomic mass is 9.88. The van der Waals surface area contributed by atoms with E-state index in [4.69, 9.17) is 5.26 Å². The topological polar surface area (TPSA) is 90.2 Å². The number of carbonyl (C=O) groups is 2. The first-order valence-electron chi connectivity index (χ1n) is 7.62. The third kappa shape index (κ3) is 4.32. The quantitative estimate of drug-likeness (QED) is 0.872. The maximum Gasteiger partial charge on any atom is 0.326 e. The van der Waals surface area contributed by atoms with Gasteiger partial charge in [-0.1, -0.05) is 31.4 Å². The molecule has 0 radical (unpaired) electrons. The number of hydrogen-bond acceptors (Lipinski definition) is 3. The Hall–Kier alpha value is -2.35. The van der Waals surface area contributed by atoms with E-state index in [1.807, 2.05) is 6.07 Å². The van der Waals surface area contributed by atoms with Crippen LogP contribution in [0.25, 0.3) is 0 Å². The molecule has 1 fully saturated rings. The van der Waals surface area contributed by atoms with Crippen LogP contribution in [0.15, 0.2) is 24.3 Å². The first kappa shape index (κ1) is 16.0. The number of nitriles is 1. The minimum absolute atomic E-state index is 0.0685. The van der Waals surface area contributed by atoms with Gasteiger partial charge in [-0.2, -0.15) is 5.26 Å². The number of nitrogens with one attached hydrogen (secondary N) is 1. The molecule has 5 nitrogen and oxygen atoms in total. The zero-order valence-corrected chi connectivity index (χ0v) is 12.4. The van der Waals surface area contributed by atoms with Gasteiger partial charge < -0.3 is 10.4 Å². The number of hydrogen-bond donors (Lipinski definition) is 2. The van der Waals surface area contributed by atoms with E-state index in [-0.39, 0.29) is 18.2 Å². The molecule has 1 aromatic rings. The molecule has 2 rings (SSSR count). The van der Waals surface area contributed by atoms with Gasteiger partial charge in [0.1, 0.15) is 6.04 Å². The van der Waals surface area contributed by atoms with Crippen molar-refractivity contribution >= 4 is 11.9 Å². The van der Waals surface area contributed by atoms with Crippen LogP contribution in [-0.4, -0.2) is 23.0 Å². The van der Waals surface area contributed by atoms with Crippen LogP contribution in [0.1, 0.15) is 43.2 Å². The van der Waals surface area contributed by atoms with Crippen molar-refractivity contribution in [2.45, 2.75) is 44.6 Å². The van der Waals surface area contributed by atoms with Crippen LogP contribution >= 0.6 is 0 Å². The van der Waals surface area contributed by atoms with Gasteiger partial charge in [-0.25, -0.2) is 4.79 Å². The lowest BCUT2D eigenvalue weighted by Crippen LogP contribution is -2.45. The van der Waals surface area contributed by atoms with E-state index in [2.05, 4.69) is 5.32 Å². The lowest BCUT2D eigenvalue weighted by molar-refractivity contribution is -0.142. The van der Waals surface area contributed by atoms with Gasteiger partial charge in [0.25, 0.3) is 0 Å². The number of carbonyl (C=O) groups excluding carboxylic acids is 1. The summed E-state index contributed by atoms with van der Waals surface area (Å²) in [4.78, 5) is 23.6. The first-order valence-corrected chi connectivity index (χ1v) is 7.62. The third-order valence-electron chi connectivity index (χ3n) is 4.09. The fourth-order valence-electron chi connectivity index (χ4n) is 2.86. The van der Waals surface area contributed by atoms with Crippen molar-refractivity contribution in [3.05, 3.63) is 35.4 Å². The van der Waals surface area contributed by atoms with E-state index in [0.717, 1.165) is 37.7 Å². The van der Waals surface area contributed by atoms with E-state index in [0.29, 0.717) is 5.56 Å². The molecule has 1 amide bonds. The van der Waals surface area contributed by atoms with Gasteiger partial charge in [0.15, 0.2) is 0 Å². The Morgan fingerprint density at radius 1 is 1.32 bits per heavy atom. The van der Waals surface area contributed by atoms with E-state index >= 15 is 0 Å². The highest BCUT2D eigenvalue weighted by Crippen LogP contribution is 2.23. The molecule has 0 aromatic heterocycles. The summed E-state index contributed by atoms with van der Waals surface area (Å²) in [7, 11) is 0. The second-order valence-corrected chi connectivity index (χ2v) is 5.75. The number of nitrogens with zero attached hydrogens (tertiary/aromatic N) is 1. The second kappa shape index (κ2) is 7.60. The number of amides is 1. The predicted octanol–water partition coefficient (Wildman–Crippen LogP) is 2.25. The van der Waals surface area contributed by atoms with E-state index in [1.54, 1.807) is 24.3 Å². The molecule has 1 aliphatic carbocycles. The fraction of sp³-hybridized carbons (Fsp3) is 0.471. The monoisotopic (exact) mass is 300 g/mol. The minimum Gasteiger partial charge on any atom is -0.480 e. The Kier molecular flexibility index (Phi) is 5.54. The van der Waals surface area contributed by atoms with Crippen LogP contribution in [0.5, 0.6) is 0 Å². The SMILES string of the molecule is N#Cc1cccc(CC(NC(=O)C2CCCCC2)C(=O)O)c1. The minimum atomic E-state index is -1.05. The standard InChI is InChI=1S/C17H20N2O3/c18-11-13-6-4-5-12(9-13)10-15(17(21)22)19-16(20)14-7-2-1-3-8-14/h4-6,9,14-15H,1-3,7-8,10H2,(H,19,20)(H,21,22). The van der Waals surface area contributed by atoms with Gasteiger partial charge in [-0.15, -0.1) is 0 Å². The summed E-state index contributed by atoms with van der Waals surface area (Å²) in [6, 6.07) is 7.88. The molecule has 0 spiro atoms. The van der Waals surface area contributed by atoms with Gasteiger partial charge in [0, 0.05) is 12.3 Å². The van der Waals surface area contributed by atoms with Crippen molar-refractivity contribution < 1.29 is 14.7 Å². The largest absolute Gasteiger partial charge is 0.480 e. The normalized spacial score (nSPS) is 16.5. The highest BCUT2D eigenvalue weighted by atomic mass is 16.4. The molecule has 5 heteroatoms.